The molecule has 0 aliphatic carbocycles. The lowest BCUT2D eigenvalue weighted by atomic mass is 10.4. The Bertz CT molecular complexity index is 532. The summed E-state index contributed by atoms with van der Waals surface area (Å²) in [5.41, 5.74) is 2.57. The average molecular weight is 293 g/mol. The first-order valence-electron chi connectivity index (χ1n) is 6.38. The first-order chi connectivity index (χ1) is 9.72. The van der Waals surface area contributed by atoms with Crippen LogP contribution in [0.25, 0.3) is 0 Å². The molecule has 2 aromatic rings. The second-order valence-corrected chi connectivity index (χ2v) is 5.28. The van der Waals surface area contributed by atoms with Crippen LogP contribution in [0.5, 0.6) is 0 Å². The third-order valence-electron chi connectivity index (χ3n) is 2.71. The minimum atomic E-state index is 0.381. The fourth-order valence-corrected chi connectivity index (χ4v) is 2.49. The van der Waals surface area contributed by atoms with Crippen molar-refractivity contribution in [3.8, 4) is 0 Å². The Balaban J connectivity index is 2.16. The molecule has 0 fully saturated rings. The van der Waals surface area contributed by atoms with Gasteiger partial charge in [-0.25, -0.2) is 15.8 Å². The molecule has 0 saturated carbocycles. The Morgan fingerprint density at radius 3 is 2.95 bits per heavy atom. The van der Waals surface area contributed by atoms with Crippen LogP contribution in [0.15, 0.2) is 23.6 Å². The van der Waals surface area contributed by atoms with Crippen LogP contribution in [0.1, 0.15) is 17.6 Å². The summed E-state index contributed by atoms with van der Waals surface area (Å²) in [5.74, 6) is 7.48. The summed E-state index contributed by atoms with van der Waals surface area (Å²) in [6.45, 7) is 3.75. The number of aromatic nitrogens is 2. The molecule has 0 aliphatic heterocycles. The number of hydrogen-bond acceptors (Lipinski definition) is 7. The maximum atomic E-state index is 5.45. The Morgan fingerprint density at radius 1 is 1.45 bits per heavy atom. The summed E-state index contributed by atoms with van der Waals surface area (Å²) in [4.78, 5) is 12.1. The smallest absolute Gasteiger partial charge is 0.158 e. The van der Waals surface area contributed by atoms with E-state index in [9.17, 15) is 0 Å². The maximum absolute atomic E-state index is 5.45. The van der Waals surface area contributed by atoms with E-state index in [0.717, 1.165) is 12.4 Å². The summed E-state index contributed by atoms with van der Waals surface area (Å²) in [7, 11) is 1.99. The van der Waals surface area contributed by atoms with Gasteiger partial charge in [-0.05, 0) is 18.4 Å². The van der Waals surface area contributed by atoms with Crippen molar-refractivity contribution in [3.63, 3.8) is 0 Å². The van der Waals surface area contributed by atoms with Gasteiger partial charge < -0.3 is 15.1 Å². The van der Waals surface area contributed by atoms with Gasteiger partial charge in [0.1, 0.15) is 18.2 Å². The van der Waals surface area contributed by atoms with Crippen LogP contribution in [0, 0.1) is 0 Å². The lowest BCUT2D eigenvalue weighted by molar-refractivity contribution is 0.128. The van der Waals surface area contributed by atoms with Crippen molar-refractivity contribution >= 4 is 23.0 Å². The standard InChI is InChI=1S/C13H19N5OS/c1-3-19-9-12-15-11(17-14)7-13(16-12)18(2)8-10-5-4-6-20-10/h4-7H,3,8-9,14H2,1-2H3,(H,15,16,17). The highest BCUT2D eigenvalue weighted by molar-refractivity contribution is 7.09. The van der Waals surface area contributed by atoms with E-state index >= 15 is 0 Å². The minimum absolute atomic E-state index is 0.381. The Labute approximate surface area is 122 Å². The molecule has 0 spiro atoms. The highest BCUT2D eigenvalue weighted by Crippen LogP contribution is 2.19. The van der Waals surface area contributed by atoms with Gasteiger partial charge in [0.25, 0.3) is 0 Å². The Morgan fingerprint density at radius 2 is 2.30 bits per heavy atom. The fourth-order valence-electron chi connectivity index (χ4n) is 1.73. The summed E-state index contributed by atoms with van der Waals surface area (Å²) < 4.78 is 5.35. The molecule has 0 radical (unpaired) electrons. The van der Waals surface area contributed by atoms with Gasteiger partial charge in [-0.3, -0.25) is 0 Å². The molecular formula is C13H19N5OS. The van der Waals surface area contributed by atoms with Gasteiger partial charge >= 0.3 is 0 Å². The van der Waals surface area contributed by atoms with Crippen LogP contribution in [0.4, 0.5) is 11.6 Å². The zero-order valence-corrected chi connectivity index (χ0v) is 12.5. The number of nitrogens with one attached hydrogen (secondary N) is 1. The largest absolute Gasteiger partial charge is 0.374 e. The molecule has 108 valence electrons. The summed E-state index contributed by atoms with van der Waals surface area (Å²) in [6, 6.07) is 5.97. The molecular weight excluding hydrogens is 274 g/mol. The minimum Gasteiger partial charge on any atom is -0.374 e. The SMILES string of the molecule is CCOCc1nc(NN)cc(N(C)Cc2cccs2)n1. The first-order valence-corrected chi connectivity index (χ1v) is 7.26. The van der Waals surface area contributed by atoms with E-state index in [-0.39, 0.29) is 0 Å². The van der Waals surface area contributed by atoms with Crippen LogP contribution in [0.3, 0.4) is 0 Å². The highest BCUT2D eigenvalue weighted by atomic mass is 32.1. The molecule has 20 heavy (non-hydrogen) atoms. The molecule has 0 aliphatic rings. The topological polar surface area (TPSA) is 76.3 Å². The van der Waals surface area contributed by atoms with E-state index in [0.29, 0.717) is 24.9 Å². The number of rotatable bonds is 7. The molecule has 0 amide bonds. The van der Waals surface area contributed by atoms with Crippen molar-refractivity contribution in [3.05, 3.63) is 34.3 Å². The van der Waals surface area contributed by atoms with Gasteiger partial charge in [0, 0.05) is 24.6 Å². The molecule has 0 saturated heterocycles. The predicted molar refractivity (Wildman–Crippen MR) is 81.6 cm³/mol. The second-order valence-electron chi connectivity index (χ2n) is 4.24. The predicted octanol–water partition coefficient (Wildman–Crippen LogP) is 2.00. The number of ether oxygens (including phenoxy) is 1. The van der Waals surface area contributed by atoms with E-state index in [4.69, 9.17) is 10.6 Å². The van der Waals surface area contributed by atoms with Crippen molar-refractivity contribution < 1.29 is 4.74 Å². The molecule has 0 atom stereocenters. The average Bonchev–Trinajstić information content (AvgIpc) is 2.97. The fraction of sp³-hybridized carbons (Fsp3) is 0.385. The Kier molecular flexibility index (Phi) is 5.28. The molecule has 0 bridgehead atoms. The number of thiophene rings is 1. The zero-order valence-electron chi connectivity index (χ0n) is 11.7. The van der Waals surface area contributed by atoms with Crippen LogP contribution >= 0.6 is 11.3 Å². The van der Waals surface area contributed by atoms with Crippen molar-refractivity contribution in [2.45, 2.75) is 20.1 Å². The molecule has 2 rings (SSSR count). The van der Waals surface area contributed by atoms with Gasteiger partial charge in [0.2, 0.25) is 0 Å². The van der Waals surface area contributed by atoms with Crippen molar-refractivity contribution in [1.82, 2.24) is 9.97 Å². The number of hydrazine groups is 1. The quantitative estimate of drug-likeness (QED) is 0.600. The summed E-state index contributed by atoms with van der Waals surface area (Å²) in [5, 5.41) is 2.07. The van der Waals surface area contributed by atoms with E-state index in [1.165, 1.54) is 4.88 Å². The number of nitrogens with zero attached hydrogens (tertiary/aromatic N) is 3. The third kappa shape index (κ3) is 3.89. The highest BCUT2D eigenvalue weighted by Gasteiger charge is 2.09. The summed E-state index contributed by atoms with van der Waals surface area (Å²) >= 11 is 1.72. The molecule has 0 aromatic carbocycles. The van der Waals surface area contributed by atoms with Gasteiger partial charge in [0.15, 0.2) is 5.82 Å². The lowest BCUT2D eigenvalue weighted by Gasteiger charge is -2.18. The molecule has 2 aromatic heterocycles. The third-order valence-corrected chi connectivity index (χ3v) is 3.57. The normalized spacial score (nSPS) is 10.6. The first kappa shape index (κ1) is 14.7. The molecule has 0 unspecified atom stereocenters. The Hall–Kier alpha value is -1.70. The molecule has 7 heteroatoms. The lowest BCUT2D eigenvalue weighted by Crippen LogP contribution is -2.20. The van der Waals surface area contributed by atoms with Crippen LogP contribution < -0.4 is 16.2 Å². The van der Waals surface area contributed by atoms with Gasteiger partial charge in [-0.2, -0.15) is 0 Å². The maximum Gasteiger partial charge on any atom is 0.158 e. The van der Waals surface area contributed by atoms with E-state index in [1.807, 2.05) is 26.1 Å². The van der Waals surface area contributed by atoms with Crippen LogP contribution in [-0.2, 0) is 17.9 Å². The number of nitrogens with two attached hydrogens (primary N) is 1. The number of hydrogen-bond donors (Lipinski definition) is 2. The zero-order chi connectivity index (χ0) is 14.4. The van der Waals surface area contributed by atoms with Gasteiger partial charge in [-0.15, -0.1) is 11.3 Å². The molecule has 6 nitrogen and oxygen atoms in total. The van der Waals surface area contributed by atoms with E-state index in [2.05, 4.69) is 31.7 Å². The van der Waals surface area contributed by atoms with Crippen molar-refractivity contribution in [1.29, 1.82) is 0 Å². The van der Waals surface area contributed by atoms with Crippen molar-refractivity contribution in [2.24, 2.45) is 5.84 Å². The number of anilines is 2. The van der Waals surface area contributed by atoms with Crippen LogP contribution in [0.2, 0.25) is 0 Å². The van der Waals surface area contributed by atoms with E-state index < -0.39 is 0 Å². The second kappa shape index (κ2) is 7.18. The number of nitrogen functional groups attached to an aromatic ring is 1. The molecule has 3 N–H and O–H groups in total. The van der Waals surface area contributed by atoms with Crippen molar-refractivity contribution in [2.75, 3.05) is 24.0 Å². The van der Waals surface area contributed by atoms with Gasteiger partial charge in [0.05, 0.1) is 6.54 Å². The van der Waals surface area contributed by atoms with E-state index in [1.54, 1.807) is 11.3 Å². The molecule has 2 heterocycles. The van der Waals surface area contributed by atoms with Gasteiger partial charge in [-0.1, -0.05) is 6.07 Å². The monoisotopic (exact) mass is 293 g/mol. The van der Waals surface area contributed by atoms with Crippen LogP contribution in [-0.4, -0.2) is 23.6 Å². The summed E-state index contributed by atoms with van der Waals surface area (Å²) in [6.07, 6.45) is 0.